The first-order chi connectivity index (χ1) is 8.26. The van der Waals surface area contributed by atoms with Gasteiger partial charge in [0.05, 0.1) is 6.04 Å². The van der Waals surface area contributed by atoms with E-state index in [-0.39, 0.29) is 6.04 Å². The van der Waals surface area contributed by atoms with Crippen LogP contribution in [0.15, 0.2) is 18.5 Å². The average molecular weight is 234 g/mol. The Morgan fingerprint density at radius 1 is 1.53 bits per heavy atom. The van der Waals surface area contributed by atoms with Crippen molar-refractivity contribution in [2.24, 2.45) is 17.7 Å². The van der Waals surface area contributed by atoms with E-state index in [2.05, 4.69) is 17.3 Å². The third-order valence-corrected chi connectivity index (χ3v) is 4.03. The molecule has 2 rings (SSSR count). The molecule has 1 fully saturated rings. The molecule has 1 aromatic rings. The van der Waals surface area contributed by atoms with Gasteiger partial charge in [0.1, 0.15) is 0 Å². The summed E-state index contributed by atoms with van der Waals surface area (Å²) in [6.07, 6.45) is 8.58. The number of hydrogen-bond donors (Lipinski definition) is 3. The summed E-state index contributed by atoms with van der Waals surface area (Å²) in [7, 11) is 0. The van der Waals surface area contributed by atoms with Crippen molar-refractivity contribution in [2.45, 2.75) is 38.6 Å². The van der Waals surface area contributed by atoms with Crippen LogP contribution < -0.4 is 17.0 Å². The average Bonchev–Trinajstić information content (AvgIpc) is 2.81. The number of hydrogen-bond acceptors (Lipinski definition) is 4. The van der Waals surface area contributed by atoms with E-state index in [1.165, 1.54) is 25.7 Å². The van der Waals surface area contributed by atoms with Gasteiger partial charge in [-0.25, -0.2) is 0 Å². The first-order valence-corrected chi connectivity index (χ1v) is 6.41. The molecule has 17 heavy (non-hydrogen) atoms. The monoisotopic (exact) mass is 234 g/mol. The maximum atomic E-state index is 6.00. The Kier molecular flexibility index (Phi) is 3.97. The van der Waals surface area contributed by atoms with E-state index in [1.807, 2.05) is 12.3 Å². The van der Waals surface area contributed by atoms with Crippen LogP contribution in [0.4, 0.5) is 5.69 Å². The molecular weight excluding hydrogens is 212 g/mol. The number of anilines is 1. The van der Waals surface area contributed by atoms with Crippen LogP contribution in [0.1, 0.15) is 44.2 Å². The normalized spacial score (nSPS) is 26.0. The number of pyridine rings is 1. The second kappa shape index (κ2) is 5.47. The molecule has 0 bridgehead atoms. The fourth-order valence-electron chi connectivity index (χ4n) is 2.94. The lowest BCUT2D eigenvalue weighted by Gasteiger charge is -2.24. The molecule has 1 saturated carbocycles. The molecule has 94 valence electrons. The minimum absolute atomic E-state index is 0.139. The smallest absolute Gasteiger partial charge is 0.0523 e. The van der Waals surface area contributed by atoms with E-state index in [1.54, 1.807) is 6.20 Å². The molecule has 3 unspecified atom stereocenters. The summed E-state index contributed by atoms with van der Waals surface area (Å²) >= 11 is 0. The number of nitrogens with two attached hydrogens (primary N) is 2. The van der Waals surface area contributed by atoms with Gasteiger partial charge in [-0.05, 0) is 30.7 Å². The van der Waals surface area contributed by atoms with Gasteiger partial charge in [-0.2, -0.15) is 0 Å². The zero-order valence-corrected chi connectivity index (χ0v) is 10.4. The van der Waals surface area contributed by atoms with Crippen LogP contribution in [0.5, 0.6) is 0 Å². The summed E-state index contributed by atoms with van der Waals surface area (Å²) in [4.78, 5) is 4.15. The van der Waals surface area contributed by atoms with Crippen LogP contribution >= 0.6 is 0 Å². The number of nitrogens with zero attached hydrogens (tertiary/aromatic N) is 1. The van der Waals surface area contributed by atoms with Crippen LogP contribution in [0.2, 0.25) is 0 Å². The zero-order chi connectivity index (χ0) is 12.3. The lowest BCUT2D eigenvalue weighted by atomic mass is 9.91. The molecular formula is C13H22N4. The topological polar surface area (TPSA) is 77.0 Å². The number of nitrogens with one attached hydrogen (secondary N) is 1. The minimum Gasteiger partial charge on any atom is -0.398 e. The molecule has 0 saturated heterocycles. The second-order valence-electron chi connectivity index (χ2n) is 5.00. The highest BCUT2D eigenvalue weighted by Crippen LogP contribution is 2.40. The highest BCUT2D eigenvalue weighted by molar-refractivity contribution is 5.46. The molecule has 5 N–H and O–H groups in total. The predicted octanol–water partition coefficient (Wildman–Crippen LogP) is 1.99. The maximum Gasteiger partial charge on any atom is 0.0523 e. The van der Waals surface area contributed by atoms with Gasteiger partial charge in [0.2, 0.25) is 0 Å². The van der Waals surface area contributed by atoms with Gasteiger partial charge >= 0.3 is 0 Å². The van der Waals surface area contributed by atoms with Crippen LogP contribution in [-0.4, -0.2) is 4.98 Å². The van der Waals surface area contributed by atoms with Crippen molar-refractivity contribution in [1.29, 1.82) is 0 Å². The SMILES string of the molecule is CCC1CCC(C(NN)c2cnccc2N)C1. The fourth-order valence-corrected chi connectivity index (χ4v) is 2.94. The van der Waals surface area contributed by atoms with Crippen molar-refractivity contribution >= 4 is 5.69 Å². The van der Waals surface area contributed by atoms with E-state index < -0.39 is 0 Å². The Labute approximate surface area is 103 Å². The van der Waals surface area contributed by atoms with Crippen LogP contribution in [0, 0.1) is 11.8 Å². The maximum absolute atomic E-state index is 6.00. The molecule has 1 heterocycles. The zero-order valence-electron chi connectivity index (χ0n) is 10.4. The van der Waals surface area contributed by atoms with Gasteiger partial charge in [-0.15, -0.1) is 0 Å². The van der Waals surface area contributed by atoms with Gasteiger partial charge in [0.15, 0.2) is 0 Å². The summed E-state index contributed by atoms with van der Waals surface area (Å²) in [5.41, 5.74) is 10.7. The number of rotatable bonds is 4. The van der Waals surface area contributed by atoms with E-state index >= 15 is 0 Å². The van der Waals surface area contributed by atoms with Gasteiger partial charge in [0.25, 0.3) is 0 Å². The number of aromatic nitrogens is 1. The summed E-state index contributed by atoms with van der Waals surface area (Å²) in [6, 6.07) is 1.98. The fraction of sp³-hybridized carbons (Fsp3) is 0.615. The Hall–Kier alpha value is -1.13. The van der Waals surface area contributed by atoms with Crippen LogP contribution in [-0.2, 0) is 0 Å². The Balaban J connectivity index is 2.15. The summed E-state index contributed by atoms with van der Waals surface area (Å²) in [5.74, 6) is 7.13. The Morgan fingerprint density at radius 2 is 2.35 bits per heavy atom. The minimum atomic E-state index is 0.139. The Bertz CT molecular complexity index is 366. The van der Waals surface area contributed by atoms with Crippen molar-refractivity contribution in [3.63, 3.8) is 0 Å². The van der Waals surface area contributed by atoms with Crippen LogP contribution in [0.25, 0.3) is 0 Å². The molecule has 0 aliphatic heterocycles. The van der Waals surface area contributed by atoms with Crippen molar-refractivity contribution in [3.05, 3.63) is 24.0 Å². The summed E-state index contributed by atoms with van der Waals surface area (Å²) in [6.45, 7) is 2.26. The van der Waals surface area contributed by atoms with Gasteiger partial charge in [-0.1, -0.05) is 19.8 Å². The van der Waals surface area contributed by atoms with E-state index in [0.717, 1.165) is 17.2 Å². The molecule has 0 spiro atoms. The first-order valence-electron chi connectivity index (χ1n) is 6.41. The molecule has 0 aromatic carbocycles. The van der Waals surface area contributed by atoms with Crippen molar-refractivity contribution in [3.8, 4) is 0 Å². The number of nitrogen functional groups attached to an aromatic ring is 1. The van der Waals surface area contributed by atoms with E-state index in [9.17, 15) is 0 Å². The lowest BCUT2D eigenvalue weighted by molar-refractivity contribution is 0.358. The highest BCUT2D eigenvalue weighted by atomic mass is 15.2. The summed E-state index contributed by atoms with van der Waals surface area (Å²) in [5, 5.41) is 0. The predicted molar refractivity (Wildman–Crippen MR) is 69.8 cm³/mol. The second-order valence-corrected chi connectivity index (χ2v) is 5.00. The van der Waals surface area contributed by atoms with Gasteiger partial charge < -0.3 is 5.73 Å². The van der Waals surface area contributed by atoms with Gasteiger partial charge in [0, 0.05) is 23.6 Å². The van der Waals surface area contributed by atoms with Crippen molar-refractivity contribution < 1.29 is 0 Å². The number of hydrazine groups is 1. The third kappa shape index (κ3) is 2.58. The Morgan fingerprint density at radius 3 is 2.94 bits per heavy atom. The molecule has 1 aromatic heterocycles. The van der Waals surface area contributed by atoms with Crippen molar-refractivity contribution in [1.82, 2.24) is 10.4 Å². The molecule has 1 aliphatic rings. The molecule has 0 radical (unpaired) electrons. The van der Waals surface area contributed by atoms with Gasteiger partial charge in [-0.3, -0.25) is 16.3 Å². The summed E-state index contributed by atoms with van der Waals surface area (Å²) < 4.78 is 0. The van der Waals surface area contributed by atoms with E-state index in [0.29, 0.717) is 5.92 Å². The standard InChI is InChI=1S/C13H22N4/c1-2-9-3-4-10(7-9)13(17-15)11-8-16-6-5-12(11)14/h5-6,8-10,13,17H,2-4,7,15H2,1H3,(H2,14,16). The quantitative estimate of drug-likeness (QED) is 0.550. The van der Waals surface area contributed by atoms with Crippen molar-refractivity contribution in [2.75, 3.05) is 5.73 Å². The van der Waals surface area contributed by atoms with Crippen LogP contribution in [0.3, 0.4) is 0 Å². The molecule has 0 amide bonds. The largest absolute Gasteiger partial charge is 0.398 e. The highest BCUT2D eigenvalue weighted by Gasteiger charge is 2.31. The molecule has 1 aliphatic carbocycles. The first kappa shape index (κ1) is 12.3. The molecule has 4 nitrogen and oxygen atoms in total. The lowest BCUT2D eigenvalue weighted by Crippen LogP contribution is -2.33. The molecule has 4 heteroatoms. The molecule has 3 atom stereocenters. The third-order valence-electron chi connectivity index (χ3n) is 4.03. The van der Waals surface area contributed by atoms with E-state index in [4.69, 9.17) is 11.6 Å².